The molecule has 0 bridgehead atoms. The molecule has 4 heterocycles. The number of benzene rings is 1. The predicted octanol–water partition coefficient (Wildman–Crippen LogP) is 4.19. The smallest absolute Gasteiger partial charge is 0.156 e. The Hall–Kier alpha value is -3.61. The van der Waals surface area contributed by atoms with Crippen molar-refractivity contribution in [3.8, 4) is 22.4 Å². The third-order valence-electron chi connectivity index (χ3n) is 4.82. The van der Waals surface area contributed by atoms with E-state index >= 15 is 0 Å². The molecule has 5 aromatic rings. The van der Waals surface area contributed by atoms with Gasteiger partial charge < -0.3 is 9.55 Å². The first-order chi connectivity index (χ1) is 13.5. The largest absolute Gasteiger partial charge is 0.344 e. The zero-order valence-corrected chi connectivity index (χ0v) is 15.9. The molecular formula is C21H19N7. The monoisotopic (exact) mass is 369 g/mol. The maximum Gasteiger partial charge on any atom is 0.156 e. The first-order valence-corrected chi connectivity index (χ1v) is 9.08. The molecule has 7 heteroatoms. The Morgan fingerprint density at radius 2 is 1.79 bits per heavy atom. The van der Waals surface area contributed by atoms with Crippen LogP contribution in [-0.2, 0) is 5.54 Å². The lowest BCUT2D eigenvalue weighted by molar-refractivity contribution is 0.408. The van der Waals surface area contributed by atoms with Gasteiger partial charge in [-0.2, -0.15) is 0 Å². The lowest BCUT2D eigenvalue weighted by Crippen LogP contribution is -2.20. The van der Waals surface area contributed by atoms with Gasteiger partial charge in [0.25, 0.3) is 0 Å². The van der Waals surface area contributed by atoms with E-state index in [0.29, 0.717) is 0 Å². The zero-order valence-electron chi connectivity index (χ0n) is 15.9. The van der Waals surface area contributed by atoms with Crippen LogP contribution in [0.2, 0.25) is 0 Å². The second kappa shape index (κ2) is 5.95. The third-order valence-corrected chi connectivity index (χ3v) is 4.82. The quantitative estimate of drug-likeness (QED) is 0.504. The normalized spacial score (nSPS) is 12.1. The summed E-state index contributed by atoms with van der Waals surface area (Å²) in [7, 11) is 0. The van der Waals surface area contributed by atoms with Crippen LogP contribution in [0, 0.1) is 0 Å². The molecule has 1 aromatic carbocycles. The van der Waals surface area contributed by atoms with Gasteiger partial charge in [0.05, 0.1) is 29.3 Å². The van der Waals surface area contributed by atoms with Gasteiger partial charge in [0, 0.05) is 35.3 Å². The number of hydrogen-bond donors (Lipinski definition) is 1. The molecule has 0 aliphatic carbocycles. The minimum absolute atomic E-state index is 0.0477. The SMILES string of the molecule is CC(C)(C)n1cnc2ccc(-c3c[nH]c4ncc(-c5cncnc5)nc34)cc21. The highest BCUT2D eigenvalue weighted by molar-refractivity contribution is 5.94. The molecule has 5 rings (SSSR count). The van der Waals surface area contributed by atoms with Crippen LogP contribution in [0.3, 0.4) is 0 Å². The summed E-state index contributed by atoms with van der Waals surface area (Å²) in [6.07, 6.45) is 10.6. The van der Waals surface area contributed by atoms with Crippen molar-refractivity contribution in [2.75, 3.05) is 0 Å². The number of nitrogens with one attached hydrogen (secondary N) is 1. The molecule has 0 atom stereocenters. The highest BCUT2D eigenvalue weighted by Crippen LogP contribution is 2.31. The van der Waals surface area contributed by atoms with Crippen LogP contribution < -0.4 is 0 Å². The fourth-order valence-corrected chi connectivity index (χ4v) is 3.39. The Morgan fingerprint density at radius 3 is 2.57 bits per heavy atom. The summed E-state index contributed by atoms with van der Waals surface area (Å²) >= 11 is 0. The molecule has 138 valence electrons. The van der Waals surface area contributed by atoms with Crippen molar-refractivity contribution in [2.45, 2.75) is 26.3 Å². The molecule has 0 radical (unpaired) electrons. The number of hydrogen-bond acceptors (Lipinski definition) is 5. The first-order valence-electron chi connectivity index (χ1n) is 9.08. The van der Waals surface area contributed by atoms with Crippen molar-refractivity contribution in [3.05, 3.63) is 55.6 Å². The molecule has 0 aliphatic rings. The number of aromatic nitrogens is 7. The van der Waals surface area contributed by atoms with E-state index in [4.69, 9.17) is 4.98 Å². The van der Waals surface area contributed by atoms with Gasteiger partial charge in [-0.15, -0.1) is 0 Å². The van der Waals surface area contributed by atoms with E-state index in [2.05, 4.69) is 62.4 Å². The molecule has 0 unspecified atom stereocenters. The van der Waals surface area contributed by atoms with E-state index < -0.39 is 0 Å². The predicted molar refractivity (Wildman–Crippen MR) is 109 cm³/mol. The Morgan fingerprint density at radius 1 is 0.964 bits per heavy atom. The highest BCUT2D eigenvalue weighted by Gasteiger charge is 2.17. The van der Waals surface area contributed by atoms with Crippen molar-refractivity contribution >= 4 is 22.2 Å². The molecule has 7 nitrogen and oxygen atoms in total. The average Bonchev–Trinajstić information content (AvgIpc) is 3.31. The van der Waals surface area contributed by atoms with Crippen LogP contribution in [-0.4, -0.2) is 34.5 Å². The molecule has 4 aromatic heterocycles. The molecular weight excluding hydrogens is 350 g/mol. The zero-order chi connectivity index (χ0) is 19.3. The summed E-state index contributed by atoms with van der Waals surface area (Å²) in [4.78, 5) is 25.3. The summed E-state index contributed by atoms with van der Waals surface area (Å²) in [5, 5.41) is 0. The van der Waals surface area contributed by atoms with Gasteiger partial charge in [-0.1, -0.05) is 6.07 Å². The van der Waals surface area contributed by atoms with Crippen molar-refractivity contribution in [1.82, 2.24) is 34.5 Å². The Kier molecular flexibility index (Phi) is 3.52. The standard InChI is InChI=1S/C21H19N7/c1-21(2,3)28-12-26-16-5-4-13(6-18(16)28)15-9-24-20-19(15)27-17(10-25-20)14-7-22-11-23-8-14/h4-12H,1-3H3,(H,24,25). The van der Waals surface area contributed by atoms with E-state index in [1.54, 1.807) is 18.6 Å². The van der Waals surface area contributed by atoms with E-state index in [1.807, 2.05) is 18.6 Å². The average molecular weight is 369 g/mol. The van der Waals surface area contributed by atoms with E-state index in [9.17, 15) is 0 Å². The Bertz CT molecular complexity index is 1290. The number of aromatic amines is 1. The number of imidazole rings is 1. The molecule has 0 saturated heterocycles. The fraction of sp³-hybridized carbons (Fsp3) is 0.190. The Labute approximate surface area is 161 Å². The summed E-state index contributed by atoms with van der Waals surface area (Å²) in [5.74, 6) is 0. The second-order valence-electron chi connectivity index (χ2n) is 7.77. The van der Waals surface area contributed by atoms with Gasteiger partial charge in [-0.05, 0) is 38.5 Å². The van der Waals surface area contributed by atoms with Crippen LogP contribution in [0.1, 0.15) is 20.8 Å². The minimum Gasteiger partial charge on any atom is -0.344 e. The van der Waals surface area contributed by atoms with E-state index in [0.717, 1.165) is 44.6 Å². The molecule has 0 aliphatic heterocycles. The molecule has 1 N–H and O–H groups in total. The van der Waals surface area contributed by atoms with Gasteiger partial charge >= 0.3 is 0 Å². The molecule has 0 saturated carbocycles. The van der Waals surface area contributed by atoms with Crippen LogP contribution in [0.25, 0.3) is 44.6 Å². The number of H-pyrrole nitrogens is 1. The van der Waals surface area contributed by atoms with Crippen molar-refractivity contribution in [2.24, 2.45) is 0 Å². The fourth-order valence-electron chi connectivity index (χ4n) is 3.39. The third kappa shape index (κ3) is 2.63. The molecule has 0 spiro atoms. The first kappa shape index (κ1) is 16.6. The summed E-state index contributed by atoms with van der Waals surface area (Å²) < 4.78 is 2.19. The van der Waals surface area contributed by atoms with Crippen LogP contribution in [0.4, 0.5) is 0 Å². The van der Waals surface area contributed by atoms with Crippen molar-refractivity contribution < 1.29 is 0 Å². The maximum absolute atomic E-state index is 4.82. The van der Waals surface area contributed by atoms with Crippen molar-refractivity contribution in [3.63, 3.8) is 0 Å². The Balaban J connectivity index is 1.69. The van der Waals surface area contributed by atoms with Gasteiger partial charge in [-0.3, -0.25) is 0 Å². The topological polar surface area (TPSA) is 85.2 Å². The highest BCUT2D eigenvalue weighted by atomic mass is 15.1. The lowest BCUT2D eigenvalue weighted by Gasteiger charge is -2.21. The maximum atomic E-state index is 4.82. The summed E-state index contributed by atoms with van der Waals surface area (Å²) in [5.41, 5.74) is 7.26. The number of rotatable bonds is 2. The molecule has 0 amide bonds. The summed E-state index contributed by atoms with van der Waals surface area (Å²) in [6.45, 7) is 6.52. The van der Waals surface area contributed by atoms with E-state index in [1.165, 1.54) is 6.33 Å². The van der Waals surface area contributed by atoms with Gasteiger partial charge in [0.1, 0.15) is 11.8 Å². The van der Waals surface area contributed by atoms with Gasteiger partial charge in [-0.25, -0.2) is 24.9 Å². The number of fused-ring (bicyclic) bond motifs is 2. The van der Waals surface area contributed by atoms with Crippen LogP contribution in [0.5, 0.6) is 0 Å². The van der Waals surface area contributed by atoms with Gasteiger partial charge in [0.2, 0.25) is 0 Å². The van der Waals surface area contributed by atoms with Gasteiger partial charge in [0.15, 0.2) is 5.65 Å². The minimum atomic E-state index is -0.0477. The molecule has 0 fully saturated rings. The van der Waals surface area contributed by atoms with Crippen LogP contribution in [0.15, 0.2) is 55.6 Å². The van der Waals surface area contributed by atoms with E-state index in [-0.39, 0.29) is 5.54 Å². The second-order valence-corrected chi connectivity index (χ2v) is 7.77. The lowest BCUT2D eigenvalue weighted by atomic mass is 10.1. The van der Waals surface area contributed by atoms with Crippen LogP contribution >= 0.6 is 0 Å². The van der Waals surface area contributed by atoms with Crippen molar-refractivity contribution in [1.29, 1.82) is 0 Å². The number of nitrogens with zero attached hydrogens (tertiary/aromatic N) is 6. The molecule has 28 heavy (non-hydrogen) atoms. The summed E-state index contributed by atoms with van der Waals surface area (Å²) in [6, 6.07) is 6.29.